The van der Waals surface area contributed by atoms with Gasteiger partial charge in [-0.2, -0.15) is 8.42 Å². The van der Waals surface area contributed by atoms with E-state index in [-0.39, 0.29) is 26.3 Å². The molecule has 0 aliphatic rings. The molecule has 0 aliphatic carbocycles. The van der Waals surface area contributed by atoms with Gasteiger partial charge >= 0.3 is 0 Å². The van der Waals surface area contributed by atoms with Crippen LogP contribution in [-0.4, -0.2) is 23.3 Å². The molecule has 2 aromatic rings. The highest BCUT2D eigenvalue weighted by Crippen LogP contribution is 2.36. The molecular weight excluding hydrogens is 308 g/mol. The first-order valence-corrected chi connectivity index (χ1v) is 7.41. The second-order valence-electron chi connectivity index (χ2n) is 3.95. The fourth-order valence-corrected chi connectivity index (χ4v) is 3.27. The summed E-state index contributed by atoms with van der Waals surface area (Å²) in [5.41, 5.74) is 0.334. The molecule has 2 aromatic carbocycles. The minimum absolute atomic E-state index is 0.136. The number of phenolic OH excluding ortho intramolecular Hbond substituents is 1. The van der Waals surface area contributed by atoms with Crippen molar-refractivity contribution in [1.82, 2.24) is 0 Å². The molecule has 7 nitrogen and oxygen atoms in total. The Bertz CT molecular complexity index is 755. The monoisotopic (exact) mass is 318 g/mol. The van der Waals surface area contributed by atoms with E-state index < -0.39 is 10.1 Å². The Hall–Kier alpha value is -1.36. The molecule has 0 aliphatic heterocycles. The van der Waals surface area contributed by atoms with Crippen molar-refractivity contribution in [3.63, 3.8) is 0 Å². The van der Waals surface area contributed by atoms with E-state index in [1.165, 1.54) is 31.2 Å². The Kier molecular flexibility index (Phi) is 4.18. The van der Waals surface area contributed by atoms with E-state index in [9.17, 15) is 18.1 Å². The summed E-state index contributed by atoms with van der Waals surface area (Å²) in [4.78, 5) is -0.0165. The van der Waals surface area contributed by atoms with E-state index in [0.717, 1.165) is 0 Å². The molecule has 0 saturated heterocycles. The van der Waals surface area contributed by atoms with Crippen molar-refractivity contribution in [3.05, 3.63) is 29.8 Å². The number of aryl methyl sites for hydroxylation is 1. The summed E-state index contributed by atoms with van der Waals surface area (Å²) in [5.74, 6) is -0.198. The van der Waals surface area contributed by atoms with Gasteiger partial charge in [0.05, 0.1) is 12.0 Å². The molecule has 0 aromatic heterocycles. The van der Waals surface area contributed by atoms with Gasteiger partial charge in [-0.3, -0.25) is 4.55 Å². The van der Waals surface area contributed by atoms with Crippen LogP contribution in [0.2, 0.25) is 0 Å². The highest BCUT2D eigenvalue weighted by atomic mass is 32.2. The Morgan fingerprint density at radius 1 is 1.20 bits per heavy atom. The molecule has 2 rings (SSSR count). The third kappa shape index (κ3) is 2.87. The zero-order valence-corrected chi connectivity index (χ0v) is 11.7. The molecule has 0 amide bonds. The average molecular weight is 318 g/mol. The minimum atomic E-state index is -4.46. The van der Waals surface area contributed by atoms with E-state index in [2.05, 4.69) is 9.37 Å². The van der Waals surface area contributed by atoms with E-state index in [4.69, 9.17) is 5.26 Å². The number of fused-ring (bicyclic) bond motifs is 1. The maximum Gasteiger partial charge on any atom is 0.295 e. The number of phenols is 1. The van der Waals surface area contributed by atoms with Crippen molar-refractivity contribution in [3.8, 4) is 5.75 Å². The average Bonchev–Trinajstić information content (AvgIpc) is 2.34. The van der Waals surface area contributed by atoms with Crippen LogP contribution < -0.4 is 0 Å². The molecule has 0 unspecified atom stereocenters. The van der Waals surface area contributed by atoms with Gasteiger partial charge in [-0.15, -0.1) is 4.33 Å². The maximum absolute atomic E-state index is 11.5. The van der Waals surface area contributed by atoms with Crippen molar-refractivity contribution in [2.75, 3.05) is 0 Å². The van der Waals surface area contributed by atoms with Crippen molar-refractivity contribution < 1.29 is 32.7 Å². The van der Waals surface area contributed by atoms with Gasteiger partial charge in [-0.05, 0) is 24.6 Å². The van der Waals surface area contributed by atoms with Crippen LogP contribution in [-0.2, 0) is 19.5 Å². The third-order valence-corrected chi connectivity index (χ3v) is 4.27. The third-order valence-electron chi connectivity index (χ3n) is 2.65. The summed E-state index contributed by atoms with van der Waals surface area (Å²) >= 11 is 0.566. The molecule has 9 heteroatoms. The van der Waals surface area contributed by atoms with Crippen LogP contribution in [0.5, 0.6) is 5.75 Å². The molecule has 20 heavy (non-hydrogen) atoms. The van der Waals surface area contributed by atoms with E-state index in [0.29, 0.717) is 17.6 Å². The molecule has 108 valence electrons. The van der Waals surface area contributed by atoms with E-state index in [1.807, 2.05) is 0 Å². The second-order valence-corrected chi connectivity index (χ2v) is 6.08. The Morgan fingerprint density at radius 3 is 2.50 bits per heavy atom. The largest absolute Gasteiger partial charge is 0.507 e. The highest BCUT2D eigenvalue weighted by molar-refractivity contribution is 7.94. The lowest BCUT2D eigenvalue weighted by Gasteiger charge is -2.10. The normalized spacial score (nSPS) is 11.9. The van der Waals surface area contributed by atoms with Gasteiger partial charge in [0.2, 0.25) is 0 Å². The summed E-state index contributed by atoms with van der Waals surface area (Å²) in [6.07, 6.45) is 0. The first-order valence-electron chi connectivity index (χ1n) is 5.23. The minimum Gasteiger partial charge on any atom is -0.507 e. The predicted molar refractivity (Wildman–Crippen MR) is 70.8 cm³/mol. The van der Waals surface area contributed by atoms with Gasteiger partial charge < -0.3 is 5.11 Å². The van der Waals surface area contributed by atoms with Crippen LogP contribution in [0.15, 0.2) is 34.1 Å². The van der Waals surface area contributed by atoms with Crippen LogP contribution in [0.1, 0.15) is 5.56 Å². The van der Waals surface area contributed by atoms with Gasteiger partial charge in [-0.25, -0.2) is 5.26 Å². The van der Waals surface area contributed by atoms with Crippen molar-refractivity contribution >= 4 is 32.9 Å². The Balaban J connectivity index is 2.78. The number of rotatable bonds is 4. The fraction of sp³-hybridized carbons (Fsp3) is 0.0909. The van der Waals surface area contributed by atoms with Crippen molar-refractivity contribution in [2.24, 2.45) is 0 Å². The fourth-order valence-electron chi connectivity index (χ4n) is 1.92. The summed E-state index contributed by atoms with van der Waals surface area (Å²) in [7, 11) is -4.46. The predicted octanol–water partition coefficient (Wildman–Crippen LogP) is 2.53. The first-order chi connectivity index (χ1) is 9.34. The van der Waals surface area contributed by atoms with Gasteiger partial charge in [0.1, 0.15) is 10.6 Å². The van der Waals surface area contributed by atoms with E-state index in [1.54, 1.807) is 0 Å². The quantitative estimate of drug-likeness (QED) is 0.341. The summed E-state index contributed by atoms with van der Waals surface area (Å²) in [5, 5.41) is 21.8. The molecule has 0 radical (unpaired) electrons. The van der Waals surface area contributed by atoms with Crippen LogP contribution in [0.3, 0.4) is 0 Å². The Labute approximate surface area is 118 Å². The smallest absolute Gasteiger partial charge is 0.295 e. The van der Waals surface area contributed by atoms with Gasteiger partial charge in [-0.1, -0.05) is 17.2 Å². The first kappa shape index (κ1) is 15.0. The summed E-state index contributed by atoms with van der Waals surface area (Å²) in [6.45, 7) is 1.52. The molecule has 0 heterocycles. The van der Waals surface area contributed by atoms with Gasteiger partial charge in [0.15, 0.2) is 0 Å². The number of benzene rings is 2. The number of hydrogen-bond acceptors (Lipinski definition) is 7. The zero-order valence-electron chi connectivity index (χ0n) is 10.1. The lowest BCUT2D eigenvalue weighted by molar-refractivity contribution is -0.432. The van der Waals surface area contributed by atoms with Gasteiger partial charge in [0.25, 0.3) is 10.1 Å². The topological polar surface area (TPSA) is 113 Å². The van der Waals surface area contributed by atoms with Crippen LogP contribution in [0.25, 0.3) is 10.8 Å². The van der Waals surface area contributed by atoms with Crippen molar-refractivity contribution in [2.45, 2.75) is 16.7 Å². The molecule has 0 atom stereocenters. The zero-order chi connectivity index (χ0) is 14.9. The summed E-state index contributed by atoms with van der Waals surface area (Å²) in [6, 6.07) is 5.70. The van der Waals surface area contributed by atoms with E-state index >= 15 is 0 Å². The molecule has 0 fully saturated rings. The standard InChI is InChI=1S/C11H10O7S2/c1-6-2-3-8-9(11(6)20(14,15)16)4-7(5-10(8)12)19-18-17-13/h2-5,12-13H,1H3,(H,14,15,16). The highest BCUT2D eigenvalue weighted by Gasteiger charge is 2.19. The molecule has 3 N–H and O–H groups in total. The maximum atomic E-state index is 11.5. The number of hydrogen-bond donors (Lipinski definition) is 3. The van der Waals surface area contributed by atoms with Crippen molar-refractivity contribution in [1.29, 1.82) is 0 Å². The molecule has 0 saturated carbocycles. The van der Waals surface area contributed by atoms with Crippen LogP contribution >= 0.6 is 12.0 Å². The van der Waals surface area contributed by atoms with Gasteiger partial charge in [0, 0.05) is 15.7 Å². The SMILES string of the molecule is Cc1ccc2c(O)cc(SOOO)cc2c1S(=O)(=O)O. The Morgan fingerprint density at radius 2 is 1.90 bits per heavy atom. The second kappa shape index (κ2) is 5.56. The molecular formula is C11H10O7S2. The molecule has 0 spiro atoms. The lowest BCUT2D eigenvalue weighted by Crippen LogP contribution is -2.02. The lowest BCUT2D eigenvalue weighted by atomic mass is 10.1. The molecule has 0 bridgehead atoms. The van der Waals surface area contributed by atoms with Crippen LogP contribution in [0.4, 0.5) is 0 Å². The van der Waals surface area contributed by atoms with Crippen LogP contribution in [0, 0.1) is 6.92 Å². The number of aromatic hydroxyl groups is 1. The summed E-state index contributed by atoms with van der Waals surface area (Å²) < 4.78 is 36.5.